The fourth-order valence-corrected chi connectivity index (χ4v) is 2.58. The molecule has 7 heteroatoms. The number of aryl methyl sites for hydroxylation is 2. The number of hydrogen-bond acceptors (Lipinski definition) is 5. The van der Waals surface area contributed by atoms with Gasteiger partial charge in [-0.05, 0) is 63.3 Å². The summed E-state index contributed by atoms with van der Waals surface area (Å²) in [5.74, 6) is -0.762. The molecule has 3 amide bonds. The quantitative estimate of drug-likeness (QED) is 0.764. The molecular formula is C18H24N2O5. The number of carbonyl (C=O) groups is 3. The van der Waals surface area contributed by atoms with Crippen molar-refractivity contribution in [2.24, 2.45) is 0 Å². The first kappa shape index (κ1) is 18.8. The van der Waals surface area contributed by atoms with E-state index in [0.29, 0.717) is 5.75 Å². The van der Waals surface area contributed by atoms with Crippen molar-refractivity contribution in [1.29, 1.82) is 0 Å². The molecule has 0 unspecified atom stereocenters. The van der Waals surface area contributed by atoms with Crippen molar-refractivity contribution in [3.05, 3.63) is 29.3 Å². The summed E-state index contributed by atoms with van der Waals surface area (Å²) in [6.45, 7) is 4.63. The lowest BCUT2D eigenvalue weighted by molar-refractivity contribution is -0.156. The molecule has 0 aromatic heterocycles. The summed E-state index contributed by atoms with van der Waals surface area (Å²) >= 11 is 0. The predicted molar refractivity (Wildman–Crippen MR) is 91.3 cm³/mol. The molecule has 0 radical (unpaired) electrons. The van der Waals surface area contributed by atoms with Crippen LogP contribution in [0.25, 0.3) is 0 Å². The third kappa shape index (κ3) is 5.77. The van der Waals surface area contributed by atoms with E-state index < -0.39 is 24.0 Å². The second-order valence-electron chi connectivity index (χ2n) is 6.32. The largest absolute Gasteiger partial charge is 0.482 e. The third-order valence-electron chi connectivity index (χ3n) is 3.76. The number of fused-ring (bicyclic) bond motifs is 1. The van der Waals surface area contributed by atoms with E-state index in [1.807, 2.05) is 18.2 Å². The maximum atomic E-state index is 11.8. The Morgan fingerprint density at radius 3 is 2.56 bits per heavy atom. The second-order valence-corrected chi connectivity index (χ2v) is 6.32. The normalized spacial score (nSPS) is 13.8. The van der Waals surface area contributed by atoms with Crippen LogP contribution in [0.3, 0.4) is 0 Å². The Hall–Kier alpha value is -2.57. The van der Waals surface area contributed by atoms with Crippen LogP contribution in [0.15, 0.2) is 18.2 Å². The highest BCUT2D eigenvalue weighted by Crippen LogP contribution is 2.25. The molecule has 0 bridgehead atoms. The molecule has 2 rings (SSSR count). The molecule has 0 spiro atoms. The summed E-state index contributed by atoms with van der Waals surface area (Å²) in [6.07, 6.45) is 2.15. The molecule has 136 valence electrons. The number of rotatable bonds is 6. The number of ether oxygens (including phenoxy) is 2. The number of hydrogen-bond donors (Lipinski definition) is 2. The van der Waals surface area contributed by atoms with Gasteiger partial charge in [-0.3, -0.25) is 10.1 Å². The highest BCUT2D eigenvalue weighted by Gasteiger charge is 2.20. The predicted octanol–water partition coefficient (Wildman–Crippen LogP) is 1.72. The van der Waals surface area contributed by atoms with E-state index >= 15 is 0 Å². The molecule has 0 saturated carbocycles. The van der Waals surface area contributed by atoms with Crippen molar-refractivity contribution in [2.75, 3.05) is 6.61 Å². The molecule has 1 aromatic rings. The monoisotopic (exact) mass is 348 g/mol. The molecule has 1 aromatic carbocycles. The first-order chi connectivity index (χ1) is 11.8. The first-order valence-corrected chi connectivity index (χ1v) is 8.40. The van der Waals surface area contributed by atoms with Crippen LogP contribution in [0.5, 0.6) is 5.75 Å². The number of amides is 3. The minimum absolute atomic E-state index is 0.105. The van der Waals surface area contributed by atoms with E-state index in [1.165, 1.54) is 18.1 Å². The number of urea groups is 1. The summed E-state index contributed by atoms with van der Waals surface area (Å²) in [5.41, 5.74) is 2.56. The number of carbonyl (C=O) groups excluding carboxylic acids is 3. The molecule has 2 N–H and O–H groups in total. The molecule has 0 fully saturated rings. The summed E-state index contributed by atoms with van der Waals surface area (Å²) < 4.78 is 10.4. The molecule has 0 heterocycles. The molecular weight excluding hydrogens is 324 g/mol. The van der Waals surface area contributed by atoms with Crippen LogP contribution in [-0.4, -0.2) is 36.7 Å². The van der Waals surface area contributed by atoms with Crippen LogP contribution in [0.4, 0.5) is 4.79 Å². The van der Waals surface area contributed by atoms with Gasteiger partial charge in [-0.25, -0.2) is 9.59 Å². The van der Waals surface area contributed by atoms with Gasteiger partial charge >= 0.3 is 12.0 Å². The Labute approximate surface area is 147 Å². The van der Waals surface area contributed by atoms with E-state index in [2.05, 4.69) is 10.6 Å². The van der Waals surface area contributed by atoms with Crippen molar-refractivity contribution in [3.8, 4) is 5.75 Å². The van der Waals surface area contributed by atoms with Gasteiger partial charge in [-0.2, -0.15) is 0 Å². The lowest BCUT2D eigenvalue weighted by Gasteiger charge is -2.14. The first-order valence-electron chi connectivity index (χ1n) is 8.40. The van der Waals surface area contributed by atoms with E-state index in [-0.39, 0.29) is 12.6 Å². The lowest BCUT2D eigenvalue weighted by atomic mass is 10.1. The number of benzene rings is 1. The van der Waals surface area contributed by atoms with Gasteiger partial charge in [0.15, 0.2) is 12.7 Å². The standard InChI is InChI=1S/C18H24N2O5/c1-11(2)19-18(23)20-17(22)12(3)25-16(21)10-24-15-8-7-13-5-4-6-14(13)9-15/h7-9,11-12H,4-6,10H2,1-3H3,(H2,19,20,22,23)/t12-/m1/s1. The van der Waals surface area contributed by atoms with Crippen LogP contribution < -0.4 is 15.4 Å². The van der Waals surface area contributed by atoms with Gasteiger partial charge < -0.3 is 14.8 Å². The van der Waals surface area contributed by atoms with Crippen molar-refractivity contribution < 1.29 is 23.9 Å². The van der Waals surface area contributed by atoms with Crippen molar-refractivity contribution in [3.63, 3.8) is 0 Å². The maximum Gasteiger partial charge on any atom is 0.344 e. The maximum absolute atomic E-state index is 11.8. The van der Waals surface area contributed by atoms with Crippen LogP contribution in [0.1, 0.15) is 38.3 Å². The fourth-order valence-electron chi connectivity index (χ4n) is 2.58. The Morgan fingerprint density at radius 2 is 1.84 bits per heavy atom. The van der Waals surface area contributed by atoms with Crippen LogP contribution in [0, 0.1) is 0 Å². The lowest BCUT2D eigenvalue weighted by Crippen LogP contribution is -2.46. The Kier molecular flexibility index (Phi) is 6.38. The number of nitrogens with one attached hydrogen (secondary N) is 2. The topological polar surface area (TPSA) is 93.7 Å². The Morgan fingerprint density at radius 1 is 1.12 bits per heavy atom. The van der Waals surface area contributed by atoms with Gasteiger partial charge in [0.2, 0.25) is 0 Å². The Balaban J connectivity index is 1.75. The average Bonchev–Trinajstić information content (AvgIpc) is 2.99. The zero-order chi connectivity index (χ0) is 18.4. The summed E-state index contributed by atoms with van der Waals surface area (Å²) in [5, 5.41) is 4.62. The van der Waals surface area contributed by atoms with Gasteiger partial charge in [0.05, 0.1) is 0 Å². The SMILES string of the molecule is CC(C)NC(=O)NC(=O)[C@@H](C)OC(=O)COc1ccc2c(c1)CCC2. The molecule has 1 atom stereocenters. The minimum atomic E-state index is -1.09. The molecule has 1 aliphatic rings. The fraction of sp³-hybridized carbons (Fsp3) is 0.500. The zero-order valence-electron chi connectivity index (χ0n) is 14.8. The smallest absolute Gasteiger partial charge is 0.344 e. The van der Waals surface area contributed by atoms with E-state index in [4.69, 9.17) is 9.47 Å². The van der Waals surface area contributed by atoms with Crippen LogP contribution in [0.2, 0.25) is 0 Å². The van der Waals surface area contributed by atoms with E-state index in [1.54, 1.807) is 13.8 Å². The highest BCUT2D eigenvalue weighted by atomic mass is 16.6. The summed E-state index contributed by atoms with van der Waals surface area (Å²) in [7, 11) is 0. The van der Waals surface area contributed by atoms with Crippen LogP contribution in [-0.2, 0) is 27.2 Å². The number of imide groups is 1. The number of esters is 1. The highest BCUT2D eigenvalue weighted by molar-refractivity contribution is 5.97. The van der Waals surface area contributed by atoms with Crippen LogP contribution >= 0.6 is 0 Å². The molecule has 0 saturated heterocycles. The summed E-state index contributed by atoms with van der Waals surface area (Å²) in [6, 6.07) is 5.03. The average molecular weight is 348 g/mol. The summed E-state index contributed by atoms with van der Waals surface area (Å²) in [4.78, 5) is 35.0. The molecule has 7 nitrogen and oxygen atoms in total. The van der Waals surface area contributed by atoms with Gasteiger partial charge in [0.25, 0.3) is 5.91 Å². The molecule has 25 heavy (non-hydrogen) atoms. The van der Waals surface area contributed by atoms with Gasteiger partial charge in [0, 0.05) is 6.04 Å². The Bertz CT molecular complexity index is 657. The minimum Gasteiger partial charge on any atom is -0.482 e. The second kappa shape index (κ2) is 8.50. The molecule has 1 aliphatic carbocycles. The third-order valence-corrected chi connectivity index (χ3v) is 3.76. The van der Waals surface area contributed by atoms with Gasteiger partial charge in [0.1, 0.15) is 5.75 Å². The molecule has 0 aliphatic heterocycles. The van der Waals surface area contributed by atoms with Gasteiger partial charge in [-0.1, -0.05) is 6.07 Å². The van der Waals surface area contributed by atoms with E-state index in [9.17, 15) is 14.4 Å². The van der Waals surface area contributed by atoms with Crippen molar-refractivity contribution in [1.82, 2.24) is 10.6 Å². The van der Waals surface area contributed by atoms with E-state index in [0.717, 1.165) is 19.3 Å². The zero-order valence-corrected chi connectivity index (χ0v) is 14.8. The van der Waals surface area contributed by atoms with Gasteiger partial charge in [-0.15, -0.1) is 0 Å². The van der Waals surface area contributed by atoms with Crippen molar-refractivity contribution in [2.45, 2.75) is 52.2 Å². The van der Waals surface area contributed by atoms with Crippen molar-refractivity contribution >= 4 is 17.9 Å².